The van der Waals surface area contributed by atoms with Gasteiger partial charge in [0, 0.05) is 0 Å². The van der Waals surface area contributed by atoms with Crippen LogP contribution in [0.15, 0.2) is 31.1 Å². The maximum atomic E-state index is 4.13. The Bertz CT molecular complexity index is 356. The Morgan fingerprint density at radius 2 is 2.21 bits per heavy atom. The van der Waals surface area contributed by atoms with Crippen LogP contribution in [-0.4, -0.2) is 9.97 Å². The van der Waals surface area contributed by atoms with Crippen molar-refractivity contribution in [3.8, 4) is 0 Å². The normalized spacial score (nSPS) is 11.8. The standard InChI is InChI=1S/C12H16N2/c1-5-10(9(3)4)7-12-11(6-2)13-8-14-12/h5-9H,1-2H2,3-4H3,(H,13,14)/b10-7+. The topological polar surface area (TPSA) is 28.7 Å². The second-order valence-electron chi connectivity index (χ2n) is 3.41. The molecule has 2 heteroatoms. The van der Waals surface area contributed by atoms with Crippen LogP contribution < -0.4 is 0 Å². The molecular formula is C12H16N2. The summed E-state index contributed by atoms with van der Waals surface area (Å²) in [5.74, 6) is 0.466. The lowest BCUT2D eigenvalue weighted by molar-refractivity contribution is 0.797. The number of hydrogen-bond acceptors (Lipinski definition) is 1. The van der Waals surface area contributed by atoms with Gasteiger partial charge in [0.05, 0.1) is 17.7 Å². The van der Waals surface area contributed by atoms with Gasteiger partial charge in [0.15, 0.2) is 0 Å². The van der Waals surface area contributed by atoms with Crippen molar-refractivity contribution in [2.75, 3.05) is 0 Å². The number of rotatable bonds is 4. The number of aromatic amines is 1. The summed E-state index contributed by atoms with van der Waals surface area (Å²) >= 11 is 0. The first-order valence-electron chi connectivity index (χ1n) is 4.69. The first-order chi connectivity index (χ1) is 6.69. The van der Waals surface area contributed by atoms with Crippen LogP contribution in [0.25, 0.3) is 12.2 Å². The molecule has 0 saturated heterocycles. The number of imidazole rings is 1. The molecule has 0 aliphatic carbocycles. The number of nitrogens with zero attached hydrogens (tertiary/aromatic N) is 1. The molecular weight excluding hydrogens is 172 g/mol. The van der Waals surface area contributed by atoms with E-state index in [2.05, 4.69) is 43.0 Å². The predicted octanol–water partition coefficient (Wildman–Crippen LogP) is 3.28. The minimum Gasteiger partial charge on any atom is -0.345 e. The van der Waals surface area contributed by atoms with Gasteiger partial charge >= 0.3 is 0 Å². The fourth-order valence-corrected chi connectivity index (χ4v) is 1.22. The average molecular weight is 188 g/mol. The van der Waals surface area contributed by atoms with Crippen LogP contribution in [-0.2, 0) is 0 Å². The summed E-state index contributed by atoms with van der Waals surface area (Å²) in [5, 5.41) is 0. The molecule has 2 nitrogen and oxygen atoms in total. The number of aromatic nitrogens is 2. The molecule has 1 aromatic heterocycles. The summed E-state index contributed by atoms with van der Waals surface area (Å²) in [5.41, 5.74) is 3.06. The fourth-order valence-electron chi connectivity index (χ4n) is 1.22. The van der Waals surface area contributed by atoms with Crippen molar-refractivity contribution in [3.05, 3.63) is 42.5 Å². The quantitative estimate of drug-likeness (QED) is 0.722. The smallest absolute Gasteiger partial charge is 0.0931 e. The molecule has 0 atom stereocenters. The monoisotopic (exact) mass is 188 g/mol. The average Bonchev–Trinajstić information content (AvgIpc) is 2.60. The summed E-state index contributed by atoms with van der Waals surface area (Å²) in [7, 11) is 0. The summed E-state index contributed by atoms with van der Waals surface area (Å²) < 4.78 is 0. The Morgan fingerprint density at radius 3 is 2.71 bits per heavy atom. The van der Waals surface area contributed by atoms with E-state index in [9.17, 15) is 0 Å². The maximum Gasteiger partial charge on any atom is 0.0931 e. The van der Waals surface area contributed by atoms with Gasteiger partial charge in [-0.1, -0.05) is 33.1 Å². The van der Waals surface area contributed by atoms with E-state index in [1.165, 1.54) is 5.57 Å². The van der Waals surface area contributed by atoms with Crippen LogP contribution in [0.5, 0.6) is 0 Å². The Balaban J connectivity index is 3.05. The molecule has 0 fully saturated rings. The fraction of sp³-hybridized carbons (Fsp3) is 0.250. The molecule has 0 saturated carbocycles. The van der Waals surface area contributed by atoms with Crippen LogP contribution in [0.2, 0.25) is 0 Å². The Labute approximate surface area is 85.1 Å². The van der Waals surface area contributed by atoms with Gasteiger partial charge in [0.1, 0.15) is 0 Å². The number of allylic oxidation sites excluding steroid dienone is 2. The zero-order chi connectivity index (χ0) is 10.6. The Kier molecular flexibility index (Phi) is 3.46. The predicted molar refractivity (Wildman–Crippen MR) is 61.7 cm³/mol. The van der Waals surface area contributed by atoms with Crippen molar-refractivity contribution in [1.82, 2.24) is 9.97 Å². The van der Waals surface area contributed by atoms with E-state index in [0.29, 0.717) is 5.92 Å². The molecule has 0 bridgehead atoms. The second kappa shape index (κ2) is 4.61. The SMILES string of the molecule is C=C/C(=C\c1[nH]cnc1C=C)C(C)C. The van der Waals surface area contributed by atoms with Gasteiger partial charge in [0.2, 0.25) is 0 Å². The van der Waals surface area contributed by atoms with E-state index < -0.39 is 0 Å². The molecule has 1 aromatic rings. The molecule has 1 N–H and O–H groups in total. The Hall–Kier alpha value is -1.57. The molecule has 74 valence electrons. The van der Waals surface area contributed by atoms with E-state index >= 15 is 0 Å². The van der Waals surface area contributed by atoms with Crippen LogP contribution >= 0.6 is 0 Å². The zero-order valence-corrected chi connectivity index (χ0v) is 8.75. The van der Waals surface area contributed by atoms with Crippen LogP contribution in [0.3, 0.4) is 0 Å². The van der Waals surface area contributed by atoms with Crippen LogP contribution in [0, 0.1) is 5.92 Å². The highest BCUT2D eigenvalue weighted by Gasteiger charge is 2.02. The second-order valence-corrected chi connectivity index (χ2v) is 3.41. The third kappa shape index (κ3) is 2.22. The summed E-state index contributed by atoms with van der Waals surface area (Å²) in [6.45, 7) is 11.8. The highest BCUT2D eigenvalue weighted by Crippen LogP contribution is 2.16. The number of hydrogen-bond donors (Lipinski definition) is 1. The highest BCUT2D eigenvalue weighted by molar-refractivity contribution is 5.62. The van der Waals surface area contributed by atoms with Crippen molar-refractivity contribution >= 4 is 12.2 Å². The zero-order valence-electron chi connectivity index (χ0n) is 8.75. The molecule has 0 aromatic carbocycles. The summed E-state index contributed by atoms with van der Waals surface area (Å²) in [6, 6.07) is 0. The Morgan fingerprint density at radius 1 is 1.50 bits per heavy atom. The lowest BCUT2D eigenvalue weighted by Gasteiger charge is -2.04. The van der Waals surface area contributed by atoms with Gasteiger partial charge in [-0.2, -0.15) is 0 Å². The van der Waals surface area contributed by atoms with Crippen molar-refractivity contribution in [3.63, 3.8) is 0 Å². The third-order valence-electron chi connectivity index (χ3n) is 2.11. The molecule has 0 spiro atoms. The lowest BCUT2D eigenvalue weighted by Crippen LogP contribution is -1.90. The number of H-pyrrole nitrogens is 1. The molecule has 0 aliphatic rings. The minimum atomic E-state index is 0.466. The van der Waals surface area contributed by atoms with Gasteiger partial charge in [-0.15, -0.1) is 0 Å². The van der Waals surface area contributed by atoms with E-state index in [0.717, 1.165) is 11.4 Å². The molecule has 0 radical (unpaired) electrons. The molecule has 0 aliphatic heterocycles. The highest BCUT2D eigenvalue weighted by atomic mass is 14.9. The summed E-state index contributed by atoms with van der Waals surface area (Å²) in [6.07, 6.45) is 7.34. The number of nitrogens with one attached hydrogen (secondary N) is 1. The third-order valence-corrected chi connectivity index (χ3v) is 2.11. The van der Waals surface area contributed by atoms with Crippen molar-refractivity contribution in [2.45, 2.75) is 13.8 Å². The van der Waals surface area contributed by atoms with Crippen molar-refractivity contribution in [2.24, 2.45) is 5.92 Å². The maximum absolute atomic E-state index is 4.13. The molecule has 0 unspecified atom stereocenters. The van der Waals surface area contributed by atoms with Crippen molar-refractivity contribution < 1.29 is 0 Å². The molecule has 1 heterocycles. The van der Waals surface area contributed by atoms with Gasteiger partial charge in [-0.05, 0) is 23.6 Å². The molecule has 14 heavy (non-hydrogen) atoms. The largest absolute Gasteiger partial charge is 0.345 e. The first-order valence-corrected chi connectivity index (χ1v) is 4.69. The lowest BCUT2D eigenvalue weighted by atomic mass is 10.0. The van der Waals surface area contributed by atoms with Crippen LogP contribution in [0.1, 0.15) is 25.2 Å². The van der Waals surface area contributed by atoms with Gasteiger partial charge in [-0.25, -0.2) is 4.98 Å². The minimum absolute atomic E-state index is 0.466. The molecule has 1 rings (SSSR count). The molecule has 0 amide bonds. The van der Waals surface area contributed by atoms with E-state index in [4.69, 9.17) is 0 Å². The van der Waals surface area contributed by atoms with Gasteiger partial charge in [0.25, 0.3) is 0 Å². The summed E-state index contributed by atoms with van der Waals surface area (Å²) in [4.78, 5) is 7.20. The van der Waals surface area contributed by atoms with E-state index in [-0.39, 0.29) is 0 Å². The van der Waals surface area contributed by atoms with Gasteiger partial charge < -0.3 is 4.98 Å². The van der Waals surface area contributed by atoms with Crippen LogP contribution in [0.4, 0.5) is 0 Å². The van der Waals surface area contributed by atoms with E-state index in [1.807, 2.05) is 6.08 Å². The van der Waals surface area contributed by atoms with Gasteiger partial charge in [-0.3, -0.25) is 0 Å². The van der Waals surface area contributed by atoms with Crippen molar-refractivity contribution in [1.29, 1.82) is 0 Å². The van der Waals surface area contributed by atoms with E-state index in [1.54, 1.807) is 12.4 Å². The first kappa shape index (κ1) is 10.5.